The van der Waals surface area contributed by atoms with Crippen molar-refractivity contribution in [2.75, 3.05) is 5.32 Å². The number of ether oxygens (including phenoxy) is 1. The Hall–Kier alpha value is -1.58. The van der Waals surface area contributed by atoms with Crippen LogP contribution in [0.4, 0.5) is 5.82 Å². The number of hydrogen-bond donors (Lipinski definition) is 1. The van der Waals surface area contributed by atoms with Crippen molar-refractivity contribution in [1.29, 1.82) is 0 Å². The minimum atomic E-state index is -0.506. The monoisotopic (exact) mass is 655 g/mol. The molecule has 0 aliphatic heterocycles. The van der Waals surface area contributed by atoms with Crippen molar-refractivity contribution in [1.82, 2.24) is 9.78 Å². The maximum Gasteiger partial charge on any atom is 0.292 e. The summed E-state index contributed by atoms with van der Waals surface area (Å²) in [6.45, 7) is 0.331. The van der Waals surface area contributed by atoms with Crippen LogP contribution in [-0.2, 0) is 13.2 Å². The van der Waals surface area contributed by atoms with Crippen LogP contribution in [0.2, 0.25) is 30.1 Å². The van der Waals surface area contributed by atoms with Gasteiger partial charge in [0.15, 0.2) is 17.3 Å². The van der Waals surface area contributed by atoms with Crippen LogP contribution >= 0.6 is 85.5 Å². The molecule has 0 aliphatic carbocycles. The van der Waals surface area contributed by atoms with Crippen molar-refractivity contribution >= 4 is 97.3 Å². The van der Waals surface area contributed by atoms with Crippen molar-refractivity contribution in [2.24, 2.45) is 0 Å². The second-order valence-electron chi connectivity index (χ2n) is 7.02. The lowest BCUT2D eigenvalue weighted by Gasteiger charge is -2.12. The zero-order chi connectivity index (χ0) is 25.3. The van der Waals surface area contributed by atoms with E-state index in [1.807, 2.05) is 18.2 Å². The number of aromatic nitrogens is 2. The number of hydrogen-bond acceptors (Lipinski definition) is 4. The molecule has 0 radical (unpaired) electrons. The fourth-order valence-corrected chi connectivity index (χ4v) is 4.81. The first-order valence-corrected chi connectivity index (χ1v) is 12.7. The Bertz CT molecular complexity index is 1390. The molecule has 35 heavy (non-hydrogen) atoms. The van der Waals surface area contributed by atoms with E-state index in [1.165, 1.54) is 6.07 Å². The second kappa shape index (κ2) is 11.2. The predicted octanol–water partition coefficient (Wildman–Crippen LogP) is 9.04. The van der Waals surface area contributed by atoms with Crippen LogP contribution in [0.3, 0.4) is 0 Å². The first-order valence-electron chi connectivity index (χ1n) is 9.66. The number of furan rings is 1. The summed E-state index contributed by atoms with van der Waals surface area (Å²) in [6.07, 6.45) is 1.73. The first kappa shape index (κ1) is 26.5. The SMILES string of the molecule is O=C(Nc1nn(Cc2ccccc2Cl)cc1Br)c1ccc(COc2c(Cl)c(Cl)c(Cl)c(Cl)c2Cl)o1. The molecule has 0 spiro atoms. The van der Waals surface area contributed by atoms with Gasteiger partial charge in [0.05, 0.1) is 26.1 Å². The van der Waals surface area contributed by atoms with E-state index >= 15 is 0 Å². The van der Waals surface area contributed by atoms with E-state index in [0.29, 0.717) is 27.6 Å². The fourth-order valence-electron chi connectivity index (χ4n) is 2.97. The van der Waals surface area contributed by atoms with Crippen LogP contribution in [0, 0.1) is 0 Å². The van der Waals surface area contributed by atoms with Gasteiger partial charge in [0.2, 0.25) is 0 Å². The summed E-state index contributed by atoms with van der Waals surface area (Å²) in [7, 11) is 0. The van der Waals surface area contributed by atoms with E-state index in [1.54, 1.807) is 23.0 Å². The van der Waals surface area contributed by atoms with Gasteiger partial charge >= 0.3 is 0 Å². The Labute approximate surface area is 238 Å². The molecule has 2 aromatic heterocycles. The Morgan fingerprint density at radius 2 is 1.63 bits per heavy atom. The number of nitrogens with zero attached hydrogens (tertiary/aromatic N) is 2. The number of benzene rings is 2. The molecule has 182 valence electrons. The van der Waals surface area contributed by atoms with Gasteiger partial charge in [-0.25, -0.2) is 0 Å². The summed E-state index contributed by atoms with van der Waals surface area (Å²) < 4.78 is 13.4. The molecule has 0 atom stereocenters. The number of halogens is 7. The molecule has 13 heteroatoms. The minimum absolute atomic E-state index is 0.00724. The highest BCUT2D eigenvalue weighted by molar-refractivity contribution is 9.10. The fraction of sp³-hybridized carbons (Fsp3) is 0.0909. The molecule has 2 aromatic carbocycles. The van der Waals surface area contributed by atoms with Crippen molar-refractivity contribution in [3.63, 3.8) is 0 Å². The molecule has 0 saturated carbocycles. The first-order chi connectivity index (χ1) is 16.7. The normalized spacial score (nSPS) is 11.1. The Balaban J connectivity index is 1.42. The Morgan fingerprint density at radius 1 is 0.971 bits per heavy atom. The quantitative estimate of drug-likeness (QED) is 0.159. The summed E-state index contributed by atoms with van der Waals surface area (Å²) in [4.78, 5) is 12.7. The third kappa shape index (κ3) is 5.88. The topological polar surface area (TPSA) is 69.3 Å². The highest BCUT2D eigenvalue weighted by atomic mass is 79.9. The van der Waals surface area contributed by atoms with Gasteiger partial charge < -0.3 is 14.5 Å². The molecule has 2 heterocycles. The third-order valence-corrected chi connectivity index (χ3v) is 7.84. The number of nitrogens with one attached hydrogen (secondary N) is 1. The highest BCUT2D eigenvalue weighted by Gasteiger charge is 2.21. The van der Waals surface area contributed by atoms with Crippen LogP contribution in [0.5, 0.6) is 5.75 Å². The van der Waals surface area contributed by atoms with Gasteiger partial charge in [-0.1, -0.05) is 87.8 Å². The number of carbonyl (C=O) groups excluding carboxylic acids is 1. The summed E-state index contributed by atoms with van der Waals surface area (Å²) in [5, 5.41) is 7.77. The third-order valence-electron chi connectivity index (χ3n) is 4.65. The van der Waals surface area contributed by atoms with Crippen LogP contribution in [-0.4, -0.2) is 15.7 Å². The van der Waals surface area contributed by atoms with Gasteiger partial charge in [0.25, 0.3) is 5.91 Å². The second-order valence-corrected chi connectivity index (χ2v) is 10.2. The number of amides is 1. The molecular formula is C22H12BrCl6N3O3. The molecular weight excluding hydrogens is 647 g/mol. The molecule has 0 bridgehead atoms. The van der Waals surface area contributed by atoms with E-state index in [2.05, 4.69) is 26.3 Å². The molecule has 0 fully saturated rings. The van der Waals surface area contributed by atoms with Gasteiger partial charge in [0, 0.05) is 11.2 Å². The van der Waals surface area contributed by atoms with E-state index in [0.717, 1.165) is 5.56 Å². The number of carbonyl (C=O) groups is 1. The maximum absolute atomic E-state index is 12.7. The Kier molecular flexibility index (Phi) is 8.49. The van der Waals surface area contributed by atoms with Crippen molar-refractivity contribution < 1.29 is 13.9 Å². The molecule has 0 aliphatic rings. The number of anilines is 1. The summed E-state index contributed by atoms with van der Waals surface area (Å²) >= 11 is 40.0. The molecule has 0 saturated heterocycles. The summed E-state index contributed by atoms with van der Waals surface area (Å²) in [5.41, 5.74) is 0.890. The minimum Gasteiger partial charge on any atom is -0.482 e. The van der Waals surface area contributed by atoms with Crippen LogP contribution in [0.15, 0.2) is 51.5 Å². The number of rotatable bonds is 7. The van der Waals surface area contributed by atoms with E-state index in [-0.39, 0.29) is 43.2 Å². The van der Waals surface area contributed by atoms with Crippen molar-refractivity contribution in [3.8, 4) is 5.75 Å². The predicted molar refractivity (Wildman–Crippen MR) is 143 cm³/mol. The Morgan fingerprint density at radius 3 is 2.31 bits per heavy atom. The van der Waals surface area contributed by atoms with Crippen LogP contribution < -0.4 is 10.1 Å². The molecule has 1 amide bonds. The molecule has 1 N–H and O–H groups in total. The van der Waals surface area contributed by atoms with Crippen molar-refractivity contribution in [3.05, 3.63) is 94.3 Å². The lowest BCUT2D eigenvalue weighted by Crippen LogP contribution is -2.12. The van der Waals surface area contributed by atoms with Crippen molar-refractivity contribution in [2.45, 2.75) is 13.2 Å². The van der Waals surface area contributed by atoms with Gasteiger partial charge in [-0.15, -0.1) is 0 Å². The zero-order valence-electron chi connectivity index (χ0n) is 17.2. The van der Waals surface area contributed by atoms with Gasteiger partial charge in [0.1, 0.15) is 22.4 Å². The van der Waals surface area contributed by atoms with Crippen LogP contribution in [0.1, 0.15) is 21.9 Å². The molecule has 4 rings (SSSR count). The standard InChI is InChI=1S/C22H12BrCl6N3O3/c23-12-8-32(7-10-3-1-2-4-13(10)24)31-21(12)30-22(33)14-6-5-11(35-14)9-34-20-18(28)16(26)15(25)17(27)19(20)29/h1-6,8H,7,9H2,(H,30,31,33). The zero-order valence-corrected chi connectivity index (χ0v) is 23.3. The summed E-state index contributed by atoms with van der Waals surface area (Å²) in [5.74, 6) is 0.227. The smallest absolute Gasteiger partial charge is 0.292 e. The van der Waals surface area contributed by atoms with Gasteiger partial charge in [-0.05, 0) is 39.7 Å². The summed E-state index contributed by atoms with van der Waals surface area (Å²) in [6, 6.07) is 10.5. The molecule has 0 unspecified atom stereocenters. The average molecular weight is 659 g/mol. The highest BCUT2D eigenvalue weighted by Crippen LogP contribution is 2.48. The van der Waals surface area contributed by atoms with E-state index in [4.69, 9.17) is 78.8 Å². The van der Waals surface area contributed by atoms with Gasteiger partial charge in [-0.2, -0.15) is 5.10 Å². The van der Waals surface area contributed by atoms with E-state index < -0.39 is 5.91 Å². The lowest BCUT2D eigenvalue weighted by atomic mass is 10.2. The molecule has 4 aromatic rings. The maximum atomic E-state index is 12.7. The van der Waals surface area contributed by atoms with Gasteiger partial charge in [-0.3, -0.25) is 9.48 Å². The average Bonchev–Trinajstić information content (AvgIpc) is 3.44. The lowest BCUT2D eigenvalue weighted by molar-refractivity contribution is 0.0992. The molecule has 6 nitrogen and oxygen atoms in total. The van der Waals surface area contributed by atoms with Crippen LogP contribution in [0.25, 0.3) is 0 Å². The van der Waals surface area contributed by atoms with E-state index in [9.17, 15) is 4.79 Å². The largest absolute Gasteiger partial charge is 0.482 e.